The van der Waals surface area contributed by atoms with Crippen molar-refractivity contribution >= 4 is 17.5 Å². The second-order valence-corrected chi connectivity index (χ2v) is 9.69. The van der Waals surface area contributed by atoms with E-state index in [0.29, 0.717) is 27.7 Å². The zero-order valence-corrected chi connectivity index (χ0v) is 18.9. The fourth-order valence-electron chi connectivity index (χ4n) is 4.56. The Bertz CT molecular complexity index is 977. The predicted octanol–water partition coefficient (Wildman–Crippen LogP) is 4.74. The molecular formula is C23H27ClN4O2. The number of rotatable bonds is 5. The van der Waals surface area contributed by atoms with Gasteiger partial charge in [0.25, 0.3) is 5.91 Å². The molecule has 1 aromatic heterocycles. The van der Waals surface area contributed by atoms with E-state index < -0.39 is 0 Å². The lowest BCUT2D eigenvalue weighted by Crippen LogP contribution is -2.74. The number of ether oxygens (including phenoxy) is 1. The van der Waals surface area contributed by atoms with Gasteiger partial charge in [-0.05, 0) is 12.1 Å². The summed E-state index contributed by atoms with van der Waals surface area (Å²) in [7, 11) is 0. The first kappa shape index (κ1) is 22.0. The third-order valence-electron chi connectivity index (χ3n) is 5.88. The van der Waals surface area contributed by atoms with Crippen LogP contribution in [-0.2, 0) is 0 Å². The van der Waals surface area contributed by atoms with Crippen molar-refractivity contribution in [3.05, 3.63) is 52.6 Å². The molecular weight excluding hydrogens is 400 g/mol. The zero-order valence-electron chi connectivity index (χ0n) is 18.2. The van der Waals surface area contributed by atoms with Crippen LogP contribution in [0.2, 0.25) is 5.02 Å². The van der Waals surface area contributed by atoms with Crippen LogP contribution in [0, 0.1) is 22.2 Å². The number of nitrogens with one attached hydrogen (secondary N) is 1. The third-order valence-corrected chi connectivity index (χ3v) is 6.19. The molecule has 0 radical (unpaired) electrons. The van der Waals surface area contributed by atoms with Crippen molar-refractivity contribution in [2.75, 3.05) is 0 Å². The Hall–Kier alpha value is -2.65. The van der Waals surface area contributed by atoms with E-state index in [-0.39, 0.29) is 34.8 Å². The van der Waals surface area contributed by atoms with Crippen LogP contribution >= 0.6 is 11.6 Å². The summed E-state index contributed by atoms with van der Waals surface area (Å²) < 4.78 is 6.25. The van der Waals surface area contributed by atoms with Crippen LogP contribution in [0.1, 0.15) is 69.2 Å². The van der Waals surface area contributed by atoms with Gasteiger partial charge < -0.3 is 10.1 Å². The first-order valence-corrected chi connectivity index (χ1v) is 10.4. The highest BCUT2D eigenvalue weighted by Crippen LogP contribution is 2.55. The van der Waals surface area contributed by atoms with Gasteiger partial charge in [0, 0.05) is 41.2 Å². The number of nitrogens with zero attached hydrogens (tertiary/aromatic N) is 3. The minimum absolute atomic E-state index is 0.110. The Morgan fingerprint density at radius 2 is 1.80 bits per heavy atom. The summed E-state index contributed by atoms with van der Waals surface area (Å²) in [6, 6.07) is 6.99. The molecule has 7 heteroatoms. The molecule has 2 aromatic rings. The van der Waals surface area contributed by atoms with E-state index in [1.807, 2.05) is 19.9 Å². The Morgan fingerprint density at radius 3 is 2.30 bits per heavy atom. The Morgan fingerprint density at radius 1 is 1.20 bits per heavy atom. The van der Waals surface area contributed by atoms with Crippen molar-refractivity contribution in [1.29, 1.82) is 5.26 Å². The molecule has 30 heavy (non-hydrogen) atoms. The monoisotopic (exact) mass is 426 g/mol. The summed E-state index contributed by atoms with van der Waals surface area (Å²) in [5.41, 5.74) is 0.206. The number of carbonyl (C=O) groups is 1. The Kier molecular flexibility index (Phi) is 5.79. The normalized spacial score (nSPS) is 21.4. The standard InChI is InChI=1S/C23H27ClN4O2/c1-13(2)18-26-11-15(12-27-18)19(29)28-20-22(3,4)21(23(20,5)6)30-16-8-7-14(10-25)17(24)9-16/h7-9,11-13,20-21H,1-6H3,(H,28,29). The predicted molar refractivity (Wildman–Crippen MR) is 116 cm³/mol. The van der Waals surface area contributed by atoms with Gasteiger partial charge in [-0.1, -0.05) is 53.1 Å². The molecule has 1 heterocycles. The molecule has 1 amide bonds. The average molecular weight is 427 g/mol. The lowest BCUT2D eigenvalue weighted by molar-refractivity contribution is -0.164. The molecule has 0 bridgehead atoms. The quantitative estimate of drug-likeness (QED) is 0.746. The maximum Gasteiger partial charge on any atom is 0.254 e. The maximum atomic E-state index is 12.8. The van der Waals surface area contributed by atoms with Crippen molar-refractivity contribution in [1.82, 2.24) is 15.3 Å². The van der Waals surface area contributed by atoms with Gasteiger partial charge in [-0.2, -0.15) is 5.26 Å². The second kappa shape index (κ2) is 7.88. The van der Waals surface area contributed by atoms with E-state index in [4.69, 9.17) is 21.6 Å². The van der Waals surface area contributed by atoms with Gasteiger partial charge in [0.05, 0.1) is 16.1 Å². The summed E-state index contributed by atoms with van der Waals surface area (Å²) in [5.74, 6) is 1.33. The number of carbonyl (C=O) groups excluding carboxylic acids is 1. The van der Waals surface area contributed by atoms with Crippen LogP contribution < -0.4 is 10.1 Å². The highest BCUT2D eigenvalue weighted by molar-refractivity contribution is 6.31. The van der Waals surface area contributed by atoms with Crippen LogP contribution in [0.3, 0.4) is 0 Å². The largest absolute Gasteiger partial charge is 0.489 e. The van der Waals surface area contributed by atoms with Gasteiger partial charge >= 0.3 is 0 Å². The fraction of sp³-hybridized carbons (Fsp3) is 0.478. The van der Waals surface area contributed by atoms with Gasteiger partial charge in [0.2, 0.25) is 0 Å². The van der Waals surface area contributed by atoms with Crippen molar-refractivity contribution in [3.63, 3.8) is 0 Å². The van der Waals surface area contributed by atoms with Crippen LogP contribution in [0.4, 0.5) is 0 Å². The first-order chi connectivity index (χ1) is 14.0. The van der Waals surface area contributed by atoms with E-state index in [2.05, 4.69) is 43.0 Å². The fourth-order valence-corrected chi connectivity index (χ4v) is 4.78. The van der Waals surface area contributed by atoms with Crippen LogP contribution in [0.15, 0.2) is 30.6 Å². The lowest BCUT2D eigenvalue weighted by Gasteiger charge is -2.63. The number of nitriles is 1. The first-order valence-electron chi connectivity index (χ1n) is 9.97. The molecule has 1 saturated carbocycles. The minimum atomic E-state index is -0.321. The molecule has 1 aromatic carbocycles. The third kappa shape index (κ3) is 3.87. The second-order valence-electron chi connectivity index (χ2n) is 9.29. The van der Waals surface area contributed by atoms with Gasteiger partial charge in [-0.3, -0.25) is 4.79 Å². The highest BCUT2D eigenvalue weighted by atomic mass is 35.5. The van der Waals surface area contributed by atoms with Crippen LogP contribution in [-0.4, -0.2) is 28.0 Å². The van der Waals surface area contributed by atoms with Crippen molar-refractivity contribution in [2.45, 2.75) is 59.6 Å². The van der Waals surface area contributed by atoms with Gasteiger partial charge in [0.15, 0.2) is 0 Å². The Balaban J connectivity index is 1.74. The molecule has 1 aliphatic rings. The van der Waals surface area contributed by atoms with Gasteiger partial charge in [0.1, 0.15) is 23.7 Å². The van der Waals surface area contributed by atoms with E-state index >= 15 is 0 Å². The summed E-state index contributed by atoms with van der Waals surface area (Å²) in [6.07, 6.45) is 2.99. The summed E-state index contributed by atoms with van der Waals surface area (Å²) in [5, 5.41) is 12.5. The van der Waals surface area contributed by atoms with E-state index in [1.165, 1.54) is 0 Å². The molecule has 1 N–H and O–H groups in total. The van der Waals surface area contributed by atoms with Crippen LogP contribution in [0.5, 0.6) is 5.75 Å². The number of hydrogen-bond acceptors (Lipinski definition) is 5. The number of benzene rings is 1. The Labute approximate surface area is 182 Å². The van der Waals surface area contributed by atoms with Crippen molar-refractivity contribution in [3.8, 4) is 11.8 Å². The number of hydrogen-bond donors (Lipinski definition) is 1. The van der Waals surface area contributed by atoms with E-state index in [0.717, 1.165) is 0 Å². The SMILES string of the molecule is CC(C)c1ncc(C(=O)NC2C(C)(C)C(Oc3ccc(C#N)c(Cl)c3)C2(C)C)cn1. The molecule has 0 unspecified atom stereocenters. The van der Waals surface area contributed by atoms with Crippen molar-refractivity contribution < 1.29 is 9.53 Å². The molecule has 0 spiro atoms. The number of halogens is 1. The molecule has 3 rings (SSSR count). The molecule has 1 aliphatic carbocycles. The molecule has 0 aliphatic heterocycles. The van der Waals surface area contributed by atoms with Gasteiger partial charge in [-0.15, -0.1) is 0 Å². The number of aromatic nitrogens is 2. The zero-order chi connectivity index (χ0) is 22.3. The summed E-state index contributed by atoms with van der Waals surface area (Å²) in [4.78, 5) is 21.4. The molecule has 1 fully saturated rings. The minimum Gasteiger partial charge on any atom is -0.489 e. The smallest absolute Gasteiger partial charge is 0.254 e. The van der Waals surface area contributed by atoms with Crippen LogP contribution in [0.25, 0.3) is 0 Å². The maximum absolute atomic E-state index is 12.8. The molecule has 0 saturated heterocycles. The molecule has 6 nitrogen and oxygen atoms in total. The van der Waals surface area contributed by atoms with E-state index in [9.17, 15) is 4.79 Å². The lowest BCUT2D eigenvalue weighted by atomic mass is 9.49. The number of amides is 1. The average Bonchev–Trinajstić information content (AvgIpc) is 2.69. The molecule has 0 atom stereocenters. The summed E-state index contributed by atoms with van der Waals surface area (Å²) in [6.45, 7) is 12.3. The molecule has 158 valence electrons. The van der Waals surface area contributed by atoms with Crippen molar-refractivity contribution in [2.24, 2.45) is 10.8 Å². The van der Waals surface area contributed by atoms with E-state index in [1.54, 1.807) is 30.6 Å². The summed E-state index contributed by atoms with van der Waals surface area (Å²) >= 11 is 6.14. The van der Waals surface area contributed by atoms with Gasteiger partial charge in [-0.25, -0.2) is 9.97 Å². The topological polar surface area (TPSA) is 87.9 Å². The highest BCUT2D eigenvalue weighted by Gasteiger charge is 2.64.